The van der Waals surface area contributed by atoms with Crippen LogP contribution in [0.3, 0.4) is 0 Å². The lowest BCUT2D eigenvalue weighted by atomic mass is 9.99. The quantitative estimate of drug-likeness (QED) is 0.785. The van der Waals surface area contributed by atoms with E-state index >= 15 is 0 Å². The molecule has 19 heavy (non-hydrogen) atoms. The molecule has 1 aromatic carbocycles. The second-order valence-electron chi connectivity index (χ2n) is 4.48. The zero-order valence-electron chi connectivity index (χ0n) is 10.6. The van der Waals surface area contributed by atoms with Crippen LogP contribution in [0.2, 0.25) is 0 Å². The molecule has 0 bridgehead atoms. The van der Waals surface area contributed by atoms with Gasteiger partial charge in [0.2, 0.25) is 0 Å². The molecule has 0 saturated carbocycles. The number of benzene rings is 1. The zero-order valence-corrected chi connectivity index (χ0v) is 10.6. The van der Waals surface area contributed by atoms with Crippen LogP contribution >= 0.6 is 0 Å². The van der Waals surface area contributed by atoms with E-state index in [2.05, 4.69) is 4.74 Å². The number of aliphatic hydroxyl groups excluding tert-OH is 2. The minimum atomic E-state index is -1.64. The molecule has 2 unspecified atom stereocenters. The highest BCUT2D eigenvalue weighted by Gasteiger charge is 2.28. The monoisotopic (exact) mass is 264 g/mol. The maximum Gasteiger partial charge on any atom is 0.338 e. The van der Waals surface area contributed by atoms with E-state index in [4.69, 9.17) is 0 Å². The maximum atomic E-state index is 11.6. The Morgan fingerprint density at radius 3 is 2.79 bits per heavy atom. The van der Waals surface area contributed by atoms with Crippen LogP contribution in [0.1, 0.15) is 40.9 Å². The van der Waals surface area contributed by atoms with Crippen molar-refractivity contribution in [2.75, 3.05) is 6.61 Å². The van der Waals surface area contributed by atoms with Gasteiger partial charge in [-0.1, -0.05) is 12.1 Å². The molecular formula is C14H16O5. The number of aryl methyl sites for hydroxylation is 1. The van der Waals surface area contributed by atoms with E-state index in [1.54, 1.807) is 19.1 Å². The summed E-state index contributed by atoms with van der Waals surface area (Å²) in [5.74, 6) is -0.850. The first-order valence-corrected chi connectivity index (χ1v) is 6.23. The molecule has 102 valence electrons. The van der Waals surface area contributed by atoms with Crippen LogP contribution in [0.5, 0.6) is 0 Å². The average Bonchev–Trinajstić information content (AvgIpc) is 2.78. The van der Waals surface area contributed by atoms with E-state index in [1.807, 2.05) is 0 Å². The normalized spacial score (nSPS) is 16.9. The van der Waals surface area contributed by atoms with Crippen molar-refractivity contribution in [2.24, 2.45) is 0 Å². The van der Waals surface area contributed by atoms with Gasteiger partial charge >= 0.3 is 5.97 Å². The average molecular weight is 264 g/mol. The number of ketones is 1. The summed E-state index contributed by atoms with van der Waals surface area (Å²) >= 11 is 0. The summed E-state index contributed by atoms with van der Waals surface area (Å²) in [4.78, 5) is 23.0. The Balaban J connectivity index is 2.20. The van der Waals surface area contributed by atoms with E-state index in [1.165, 1.54) is 6.07 Å². The smallest absolute Gasteiger partial charge is 0.338 e. The number of carbonyl (C=O) groups excluding carboxylic acids is 2. The SMILES string of the molecule is CCOC(=O)C(O)C(O)c1ccc2c(c1)C(=O)CC2. The summed E-state index contributed by atoms with van der Waals surface area (Å²) < 4.78 is 4.64. The number of fused-ring (bicyclic) bond motifs is 1. The fourth-order valence-corrected chi connectivity index (χ4v) is 2.18. The fraction of sp³-hybridized carbons (Fsp3) is 0.429. The van der Waals surface area contributed by atoms with Crippen molar-refractivity contribution in [2.45, 2.75) is 32.0 Å². The molecule has 2 N–H and O–H groups in total. The van der Waals surface area contributed by atoms with Crippen LogP contribution in [0.15, 0.2) is 18.2 Å². The number of rotatable bonds is 4. The van der Waals surface area contributed by atoms with Gasteiger partial charge in [0.1, 0.15) is 6.10 Å². The third-order valence-corrected chi connectivity index (χ3v) is 3.22. The van der Waals surface area contributed by atoms with Crippen molar-refractivity contribution in [3.63, 3.8) is 0 Å². The van der Waals surface area contributed by atoms with Gasteiger partial charge < -0.3 is 14.9 Å². The summed E-state index contributed by atoms with van der Waals surface area (Å²) in [6.07, 6.45) is -1.87. The minimum absolute atomic E-state index is 0.0228. The van der Waals surface area contributed by atoms with Gasteiger partial charge in [-0.15, -0.1) is 0 Å². The van der Waals surface area contributed by atoms with Gasteiger partial charge in [0.05, 0.1) is 6.61 Å². The summed E-state index contributed by atoms with van der Waals surface area (Å²) in [5.41, 5.74) is 1.84. The number of Topliss-reactive ketones (excluding diaryl/α,β-unsaturated/α-hetero) is 1. The van der Waals surface area contributed by atoms with Crippen LogP contribution in [0.25, 0.3) is 0 Å². The molecule has 2 rings (SSSR count). The van der Waals surface area contributed by atoms with Crippen LogP contribution in [0.4, 0.5) is 0 Å². The Kier molecular flexibility index (Phi) is 3.97. The van der Waals surface area contributed by atoms with E-state index in [0.29, 0.717) is 24.0 Å². The fourth-order valence-electron chi connectivity index (χ4n) is 2.18. The Labute approximate surface area is 110 Å². The molecule has 0 heterocycles. The number of hydrogen-bond acceptors (Lipinski definition) is 5. The molecular weight excluding hydrogens is 248 g/mol. The van der Waals surface area contributed by atoms with E-state index in [9.17, 15) is 19.8 Å². The van der Waals surface area contributed by atoms with Crippen LogP contribution in [-0.4, -0.2) is 34.7 Å². The largest absolute Gasteiger partial charge is 0.464 e. The third-order valence-electron chi connectivity index (χ3n) is 3.22. The molecule has 0 aliphatic heterocycles. The van der Waals surface area contributed by atoms with Crippen molar-refractivity contribution in [1.29, 1.82) is 0 Å². The van der Waals surface area contributed by atoms with Gasteiger partial charge in [-0.05, 0) is 30.5 Å². The lowest BCUT2D eigenvalue weighted by molar-refractivity contribution is -0.159. The Hall–Kier alpha value is -1.72. The Morgan fingerprint density at radius 1 is 1.37 bits per heavy atom. The van der Waals surface area contributed by atoms with Gasteiger partial charge in [0.25, 0.3) is 0 Å². The molecule has 1 aromatic rings. The van der Waals surface area contributed by atoms with E-state index in [-0.39, 0.29) is 12.4 Å². The molecule has 5 heteroatoms. The summed E-state index contributed by atoms with van der Waals surface area (Å²) in [7, 11) is 0. The molecule has 0 fully saturated rings. The van der Waals surface area contributed by atoms with Crippen molar-refractivity contribution < 1.29 is 24.5 Å². The molecule has 0 amide bonds. The van der Waals surface area contributed by atoms with Crippen molar-refractivity contribution >= 4 is 11.8 Å². The Morgan fingerprint density at radius 2 is 2.11 bits per heavy atom. The number of ether oxygens (including phenoxy) is 1. The first kappa shape index (κ1) is 13.7. The zero-order chi connectivity index (χ0) is 14.0. The second kappa shape index (κ2) is 5.50. The summed E-state index contributed by atoms with van der Waals surface area (Å²) in [6.45, 7) is 1.75. The summed E-state index contributed by atoms with van der Waals surface area (Å²) in [6, 6.07) is 4.90. The van der Waals surface area contributed by atoms with Crippen molar-refractivity contribution in [3.05, 3.63) is 34.9 Å². The first-order chi connectivity index (χ1) is 9.04. The first-order valence-electron chi connectivity index (χ1n) is 6.23. The molecule has 0 radical (unpaired) electrons. The van der Waals surface area contributed by atoms with Gasteiger partial charge in [0.15, 0.2) is 11.9 Å². The second-order valence-corrected chi connectivity index (χ2v) is 4.48. The summed E-state index contributed by atoms with van der Waals surface area (Å²) in [5, 5.41) is 19.6. The topological polar surface area (TPSA) is 83.8 Å². The molecule has 0 saturated heterocycles. The predicted octanol–water partition coefficient (Wildman–Crippen LogP) is 0.773. The van der Waals surface area contributed by atoms with Crippen molar-refractivity contribution in [1.82, 2.24) is 0 Å². The van der Waals surface area contributed by atoms with Gasteiger partial charge in [0, 0.05) is 12.0 Å². The number of esters is 1. The van der Waals surface area contributed by atoms with Crippen molar-refractivity contribution in [3.8, 4) is 0 Å². The van der Waals surface area contributed by atoms with E-state index < -0.39 is 18.2 Å². The maximum absolute atomic E-state index is 11.6. The number of aliphatic hydroxyl groups is 2. The Bertz CT molecular complexity index is 509. The van der Waals surface area contributed by atoms with Gasteiger partial charge in [-0.2, -0.15) is 0 Å². The molecule has 1 aliphatic rings. The highest BCUT2D eigenvalue weighted by atomic mass is 16.5. The number of carbonyl (C=O) groups is 2. The molecule has 1 aliphatic carbocycles. The number of hydrogen-bond donors (Lipinski definition) is 2. The van der Waals surface area contributed by atoms with Gasteiger partial charge in [-0.3, -0.25) is 4.79 Å². The van der Waals surface area contributed by atoms with Gasteiger partial charge in [-0.25, -0.2) is 4.79 Å². The standard InChI is InChI=1S/C14H16O5/c1-2-19-14(18)13(17)12(16)9-4-3-8-5-6-11(15)10(8)7-9/h3-4,7,12-13,16-17H,2,5-6H2,1H3. The van der Waals surface area contributed by atoms with Crippen LogP contribution in [0, 0.1) is 0 Å². The minimum Gasteiger partial charge on any atom is -0.464 e. The molecule has 0 spiro atoms. The van der Waals surface area contributed by atoms with Crippen LogP contribution < -0.4 is 0 Å². The lowest BCUT2D eigenvalue weighted by Crippen LogP contribution is -2.30. The lowest BCUT2D eigenvalue weighted by Gasteiger charge is -2.17. The third kappa shape index (κ3) is 2.67. The predicted molar refractivity (Wildman–Crippen MR) is 66.7 cm³/mol. The van der Waals surface area contributed by atoms with Crippen LogP contribution in [-0.2, 0) is 16.0 Å². The molecule has 2 atom stereocenters. The highest BCUT2D eigenvalue weighted by molar-refractivity contribution is 6.00. The molecule has 5 nitrogen and oxygen atoms in total. The molecule has 0 aromatic heterocycles. The highest BCUT2D eigenvalue weighted by Crippen LogP contribution is 2.27. The van der Waals surface area contributed by atoms with E-state index in [0.717, 1.165) is 5.56 Å².